The van der Waals surface area contributed by atoms with Crippen molar-refractivity contribution in [1.82, 2.24) is 14.7 Å². The number of ether oxygens (including phenoxy) is 2. The van der Waals surface area contributed by atoms with Crippen LogP contribution in [0.15, 0.2) is 18.2 Å². The lowest BCUT2D eigenvalue weighted by Crippen LogP contribution is -2.57. The molecule has 2 aliphatic heterocycles. The van der Waals surface area contributed by atoms with Gasteiger partial charge in [-0.2, -0.15) is 0 Å². The maximum atomic E-state index is 13.5. The normalized spacial score (nSPS) is 22.2. The third kappa shape index (κ3) is 4.54. The van der Waals surface area contributed by atoms with Gasteiger partial charge >= 0.3 is 0 Å². The minimum Gasteiger partial charge on any atom is -0.497 e. The molecule has 32 heavy (non-hydrogen) atoms. The van der Waals surface area contributed by atoms with E-state index >= 15 is 0 Å². The van der Waals surface area contributed by atoms with Gasteiger partial charge in [0.25, 0.3) is 5.91 Å². The van der Waals surface area contributed by atoms with Crippen molar-refractivity contribution >= 4 is 17.7 Å². The number of hydrogen-bond acceptors (Lipinski definition) is 5. The van der Waals surface area contributed by atoms with E-state index in [9.17, 15) is 14.4 Å². The number of amides is 3. The molecule has 0 spiro atoms. The van der Waals surface area contributed by atoms with Gasteiger partial charge in [-0.15, -0.1) is 0 Å². The molecule has 1 atom stereocenters. The topological polar surface area (TPSA) is 79.4 Å². The van der Waals surface area contributed by atoms with Crippen LogP contribution in [-0.2, 0) is 9.59 Å². The molecule has 3 aliphatic rings. The van der Waals surface area contributed by atoms with Crippen LogP contribution in [0.3, 0.4) is 0 Å². The van der Waals surface area contributed by atoms with E-state index in [0.717, 1.165) is 25.7 Å². The molecule has 3 fully saturated rings. The summed E-state index contributed by atoms with van der Waals surface area (Å²) in [7, 11) is 1.56. The summed E-state index contributed by atoms with van der Waals surface area (Å²) in [5, 5.41) is 0. The molecule has 1 unspecified atom stereocenters. The van der Waals surface area contributed by atoms with Crippen LogP contribution in [0.5, 0.6) is 11.5 Å². The Kier molecular flexibility index (Phi) is 6.58. The van der Waals surface area contributed by atoms with Crippen molar-refractivity contribution in [2.24, 2.45) is 5.92 Å². The van der Waals surface area contributed by atoms with Crippen LogP contribution in [0.25, 0.3) is 0 Å². The van der Waals surface area contributed by atoms with Crippen LogP contribution < -0.4 is 9.47 Å². The average molecular weight is 444 g/mol. The Morgan fingerprint density at radius 3 is 2.41 bits per heavy atom. The summed E-state index contributed by atoms with van der Waals surface area (Å²) in [6.45, 7) is 6.74. The highest BCUT2D eigenvalue weighted by Crippen LogP contribution is 2.33. The lowest BCUT2D eigenvalue weighted by atomic mass is 10.1. The Labute approximate surface area is 189 Å². The highest BCUT2D eigenvalue weighted by atomic mass is 16.5. The summed E-state index contributed by atoms with van der Waals surface area (Å²) in [4.78, 5) is 43.7. The SMILES string of the molecule is CCN1CCN(C(=O)c2cc(OC)ccc2OC2CCN(C(=O)C3CC3)CC2)C(C)C1=O. The molecule has 4 rings (SSSR count). The zero-order valence-electron chi connectivity index (χ0n) is 19.2. The Balaban J connectivity index is 1.47. The fourth-order valence-electron chi connectivity index (χ4n) is 4.54. The second-order valence-corrected chi connectivity index (χ2v) is 8.87. The molecule has 0 radical (unpaired) electrons. The molecule has 2 heterocycles. The highest BCUT2D eigenvalue weighted by Gasteiger charge is 2.37. The highest BCUT2D eigenvalue weighted by molar-refractivity contribution is 6.00. The first-order chi connectivity index (χ1) is 15.4. The van der Waals surface area contributed by atoms with E-state index in [2.05, 4.69) is 0 Å². The molecule has 3 amide bonds. The Hall–Kier alpha value is -2.77. The molecule has 0 N–H and O–H groups in total. The summed E-state index contributed by atoms with van der Waals surface area (Å²) in [5.41, 5.74) is 0.408. The third-order valence-electron chi connectivity index (χ3n) is 6.78. The first-order valence-electron chi connectivity index (χ1n) is 11.7. The fraction of sp³-hybridized carbons (Fsp3) is 0.625. The van der Waals surface area contributed by atoms with E-state index in [1.54, 1.807) is 42.0 Å². The van der Waals surface area contributed by atoms with Gasteiger partial charge < -0.3 is 24.2 Å². The van der Waals surface area contributed by atoms with Gasteiger partial charge in [0.2, 0.25) is 11.8 Å². The quantitative estimate of drug-likeness (QED) is 0.673. The second-order valence-electron chi connectivity index (χ2n) is 8.87. The van der Waals surface area contributed by atoms with Crippen LogP contribution in [-0.4, -0.2) is 84.4 Å². The maximum absolute atomic E-state index is 13.5. The van der Waals surface area contributed by atoms with E-state index in [1.807, 2.05) is 11.8 Å². The van der Waals surface area contributed by atoms with Gasteiger partial charge in [-0.25, -0.2) is 0 Å². The van der Waals surface area contributed by atoms with Crippen LogP contribution in [0.1, 0.15) is 49.9 Å². The molecule has 174 valence electrons. The van der Waals surface area contributed by atoms with E-state index in [-0.39, 0.29) is 29.7 Å². The van der Waals surface area contributed by atoms with Gasteiger partial charge in [-0.3, -0.25) is 14.4 Å². The Morgan fingerprint density at radius 2 is 1.78 bits per heavy atom. The number of carbonyl (C=O) groups excluding carboxylic acids is 3. The average Bonchev–Trinajstić information content (AvgIpc) is 3.66. The standard InChI is InChI=1S/C24H33N3O5/c1-4-25-13-14-27(16(2)22(25)28)24(30)20-15-19(31-3)7-8-21(20)32-18-9-11-26(12-10-18)23(29)17-5-6-17/h7-8,15-18H,4-6,9-14H2,1-3H3. The molecule has 0 aromatic heterocycles. The van der Waals surface area contributed by atoms with Crippen LogP contribution in [0.4, 0.5) is 0 Å². The minimum atomic E-state index is -0.521. The predicted octanol–water partition coefficient (Wildman–Crippen LogP) is 2.17. The molecule has 8 heteroatoms. The molecule has 1 saturated carbocycles. The molecular weight excluding hydrogens is 410 g/mol. The third-order valence-corrected chi connectivity index (χ3v) is 6.78. The van der Waals surface area contributed by atoms with Gasteiger partial charge in [0.1, 0.15) is 23.6 Å². The van der Waals surface area contributed by atoms with Gasteiger partial charge in [-0.05, 0) is 44.9 Å². The van der Waals surface area contributed by atoms with E-state index < -0.39 is 6.04 Å². The Bertz CT molecular complexity index is 876. The number of carbonyl (C=O) groups is 3. The van der Waals surface area contributed by atoms with Gasteiger partial charge in [0.05, 0.1) is 12.7 Å². The lowest BCUT2D eigenvalue weighted by Gasteiger charge is -2.39. The van der Waals surface area contributed by atoms with E-state index in [4.69, 9.17) is 9.47 Å². The predicted molar refractivity (Wildman–Crippen MR) is 119 cm³/mol. The molecular formula is C24H33N3O5. The first kappa shape index (κ1) is 22.4. The first-order valence-corrected chi connectivity index (χ1v) is 11.7. The Morgan fingerprint density at radius 1 is 1.06 bits per heavy atom. The fourth-order valence-corrected chi connectivity index (χ4v) is 4.54. The van der Waals surface area contributed by atoms with Crippen LogP contribution in [0.2, 0.25) is 0 Å². The number of benzene rings is 1. The zero-order valence-corrected chi connectivity index (χ0v) is 19.2. The second kappa shape index (κ2) is 9.38. The number of likely N-dealkylation sites (tertiary alicyclic amines) is 1. The maximum Gasteiger partial charge on any atom is 0.258 e. The number of methoxy groups -OCH3 is 1. The summed E-state index contributed by atoms with van der Waals surface area (Å²) in [5.74, 6) is 1.31. The summed E-state index contributed by atoms with van der Waals surface area (Å²) in [6.07, 6.45) is 3.44. The van der Waals surface area contributed by atoms with Crippen LogP contribution in [0, 0.1) is 5.92 Å². The smallest absolute Gasteiger partial charge is 0.258 e. The van der Waals surface area contributed by atoms with Crippen molar-refractivity contribution < 1.29 is 23.9 Å². The van der Waals surface area contributed by atoms with Crippen molar-refractivity contribution in [1.29, 1.82) is 0 Å². The van der Waals surface area contributed by atoms with Crippen molar-refractivity contribution in [2.75, 3.05) is 39.8 Å². The number of likely N-dealkylation sites (N-methyl/N-ethyl adjacent to an activating group) is 1. The molecule has 0 bridgehead atoms. The van der Waals surface area contributed by atoms with Crippen molar-refractivity contribution in [2.45, 2.75) is 51.7 Å². The number of piperazine rings is 1. The molecule has 8 nitrogen and oxygen atoms in total. The lowest BCUT2D eigenvalue weighted by molar-refractivity contribution is -0.139. The molecule has 1 aliphatic carbocycles. The van der Waals surface area contributed by atoms with Gasteiger partial charge in [-0.1, -0.05) is 0 Å². The summed E-state index contributed by atoms with van der Waals surface area (Å²) >= 11 is 0. The zero-order chi connectivity index (χ0) is 22.8. The minimum absolute atomic E-state index is 0.0369. The van der Waals surface area contributed by atoms with Crippen molar-refractivity contribution in [3.8, 4) is 11.5 Å². The van der Waals surface area contributed by atoms with Crippen molar-refractivity contribution in [3.63, 3.8) is 0 Å². The number of nitrogens with zero attached hydrogens (tertiary/aromatic N) is 3. The monoisotopic (exact) mass is 443 g/mol. The molecule has 1 aromatic rings. The summed E-state index contributed by atoms with van der Waals surface area (Å²) < 4.78 is 11.6. The van der Waals surface area contributed by atoms with E-state index in [0.29, 0.717) is 49.8 Å². The number of hydrogen-bond donors (Lipinski definition) is 0. The largest absolute Gasteiger partial charge is 0.497 e. The van der Waals surface area contributed by atoms with Crippen LogP contribution >= 0.6 is 0 Å². The van der Waals surface area contributed by atoms with Gasteiger partial charge in [0.15, 0.2) is 0 Å². The number of rotatable bonds is 6. The number of piperidine rings is 1. The molecule has 2 saturated heterocycles. The molecule has 1 aromatic carbocycles. The van der Waals surface area contributed by atoms with E-state index in [1.165, 1.54) is 0 Å². The summed E-state index contributed by atoms with van der Waals surface area (Å²) in [6, 6.07) is 4.71. The van der Waals surface area contributed by atoms with Gasteiger partial charge in [0, 0.05) is 51.5 Å². The van der Waals surface area contributed by atoms with Crippen molar-refractivity contribution in [3.05, 3.63) is 23.8 Å².